The summed E-state index contributed by atoms with van der Waals surface area (Å²) in [6, 6.07) is 37.7. The number of benzene rings is 3. The van der Waals surface area contributed by atoms with Crippen molar-refractivity contribution >= 4 is 58.0 Å². The number of hydrogen-bond donors (Lipinski definition) is 2. The van der Waals surface area contributed by atoms with Crippen molar-refractivity contribution in [2.45, 2.75) is 0 Å². The number of carbonyl (C=O) groups is 1. The molecule has 5 aromatic carbocycles. The Kier molecular flexibility index (Phi) is 11.2. The number of nitrogens with one attached hydrogen (secondary N) is 2. The molecule has 0 spiro atoms. The minimum atomic E-state index is -0.327. The van der Waals surface area contributed by atoms with Crippen LogP contribution in [0.3, 0.4) is 0 Å². The van der Waals surface area contributed by atoms with Gasteiger partial charge in [-0.15, -0.1) is 29.8 Å². The monoisotopic (exact) mass is 601 g/mol. The van der Waals surface area contributed by atoms with Crippen LogP contribution in [0.1, 0.15) is 10.4 Å². The molecule has 8 heteroatoms. The first kappa shape index (κ1) is 29.2. The summed E-state index contributed by atoms with van der Waals surface area (Å²) in [5.41, 5.74) is 3.72. The van der Waals surface area contributed by atoms with Crippen LogP contribution in [0.4, 0.5) is 11.4 Å². The van der Waals surface area contributed by atoms with Crippen LogP contribution in [0, 0.1) is 0 Å². The number of rotatable bonds is 4. The third-order valence-electron chi connectivity index (χ3n) is 5.17. The molecule has 5 aromatic rings. The molecule has 0 unspecified atom stereocenters. The molecule has 0 aliphatic carbocycles. The van der Waals surface area contributed by atoms with Crippen molar-refractivity contribution < 1.29 is 21.9 Å². The second-order valence-electron chi connectivity index (χ2n) is 7.84. The van der Waals surface area contributed by atoms with E-state index < -0.39 is 0 Å². The minimum Gasteiger partial charge on any atom is -0.327 e. The third kappa shape index (κ3) is 8.35. The Morgan fingerprint density at radius 3 is 1.95 bits per heavy atom. The summed E-state index contributed by atoms with van der Waals surface area (Å²) < 4.78 is 0. The predicted molar refractivity (Wildman–Crippen MR) is 156 cm³/mol. The zero-order chi connectivity index (χ0) is 26.0. The van der Waals surface area contributed by atoms with Gasteiger partial charge in [0, 0.05) is 16.3 Å². The number of hydrogen-bond acceptors (Lipinski definition) is 2. The van der Waals surface area contributed by atoms with Gasteiger partial charge < -0.3 is 5.32 Å². The van der Waals surface area contributed by atoms with Gasteiger partial charge in [-0.2, -0.15) is 30.3 Å². The van der Waals surface area contributed by atoms with Crippen LogP contribution >= 0.6 is 34.8 Å². The van der Waals surface area contributed by atoms with Gasteiger partial charge in [-0.05, 0) is 24.3 Å². The van der Waals surface area contributed by atoms with Crippen LogP contribution in [0.25, 0.3) is 11.1 Å². The van der Waals surface area contributed by atoms with Crippen LogP contribution in [-0.2, 0) is 17.1 Å². The number of halogens is 3. The molecular weight excluding hydrogens is 581 g/mol. The van der Waals surface area contributed by atoms with Crippen LogP contribution in [-0.4, -0.2) is 11.9 Å². The van der Waals surface area contributed by atoms with Gasteiger partial charge in [0.05, 0.1) is 10.0 Å². The Morgan fingerprint density at radius 2 is 1.39 bits per heavy atom. The molecule has 0 saturated heterocycles. The molecule has 0 saturated carbocycles. The number of anilines is 1. The number of amides is 1. The third-order valence-corrected chi connectivity index (χ3v) is 5.97. The average molecular weight is 603 g/mol. The molecule has 0 radical (unpaired) electrons. The van der Waals surface area contributed by atoms with E-state index in [1.54, 1.807) is 36.4 Å². The smallest absolute Gasteiger partial charge is 0.327 e. The Labute approximate surface area is 247 Å². The normalized spacial score (nSPS) is 10.6. The van der Waals surface area contributed by atoms with Crippen molar-refractivity contribution in [1.82, 2.24) is 5.32 Å². The van der Waals surface area contributed by atoms with E-state index in [1.165, 1.54) is 0 Å². The van der Waals surface area contributed by atoms with Gasteiger partial charge in [-0.25, -0.2) is 17.1 Å². The zero-order valence-electron chi connectivity index (χ0n) is 19.9. The molecule has 192 valence electrons. The molecule has 0 fully saturated rings. The Hall–Kier alpha value is -3.31. The molecular formula is C30H22Cl3FeN3O. The summed E-state index contributed by atoms with van der Waals surface area (Å²) in [6.07, 6.45) is 0. The topological polar surface area (TPSA) is 53.5 Å². The maximum Gasteiger partial charge on any atom is 2.00 e. The molecule has 4 nitrogen and oxygen atoms in total. The first-order valence-electron chi connectivity index (χ1n) is 11.3. The van der Waals surface area contributed by atoms with E-state index in [2.05, 4.69) is 15.6 Å². The van der Waals surface area contributed by atoms with Crippen LogP contribution in [0.15, 0.2) is 126 Å². The maximum atomic E-state index is 12.7. The SMILES string of the molecule is O=C(NC(=Nc1c(Cl)cc(Cl)cc1Cl)Nc1ccc(-[c-]2cccc2)cc1)c1ccccc1.[Fe+2].c1cc[cH-]c1. The van der Waals surface area contributed by atoms with E-state index in [0.717, 1.165) is 16.8 Å². The van der Waals surface area contributed by atoms with Gasteiger partial charge in [0.1, 0.15) is 5.69 Å². The number of guanidine groups is 1. The Bertz CT molecular complexity index is 1410. The molecule has 1 amide bonds. The first-order valence-corrected chi connectivity index (χ1v) is 12.5. The van der Waals surface area contributed by atoms with Gasteiger partial charge in [0.15, 0.2) is 0 Å². The fourth-order valence-corrected chi connectivity index (χ4v) is 4.28. The number of carbonyl (C=O) groups excluding carboxylic acids is 1. The summed E-state index contributed by atoms with van der Waals surface area (Å²) in [7, 11) is 0. The standard InChI is InChI=1S/C25H17Cl3N3O.C5H5.Fe/c26-19-14-21(27)23(22(28)15-19)30-25(31-24(32)18-8-2-1-3-9-18)29-20-12-10-17(11-13-20)16-6-4-5-7-16;1-2-4-5-3-1;/h1-15H,(H2,29,30,31,32);1-5H;/q2*-1;+2. The van der Waals surface area contributed by atoms with Crippen molar-refractivity contribution in [3.05, 3.63) is 142 Å². The molecule has 0 atom stereocenters. The van der Waals surface area contributed by atoms with Crippen LogP contribution in [0.2, 0.25) is 15.1 Å². The number of nitrogens with zero attached hydrogens (tertiary/aromatic N) is 1. The van der Waals surface area contributed by atoms with Gasteiger partial charge in [0.2, 0.25) is 5.96 Å². The zero-order valence-corrected chi connectivity index (χ0v) is 23.3. The van der Waals surface area contributed by atoms with Gasteiger partial charge in [0.25, 0.3) is 5.91 Å². The average Bonchev–Trinajstić information content (AvgIpc) is 3.65. The van der Waals surface area contributed by atoms with Gasteiger partial charge in [-0.1, -0.05) is 70.7 Å². The summed E-state index contributed by atoms with van der Waals surface area (Å²) in [5.74, 6) is -0.155. The van der Waals surface area contributed by atoms with E-state index in [1.807, 2.05) is 84.9 Å². The van der Waals surface area contributed by atoms with Crippen molar-refractivity contribution in [3.8, 4) is 11.1 Å². The quantitative estimate of drug-likeness (QED) is 0.0934. The minimum absolute atomic E-state index is 0. The van der Waals surface area contributed by atoms with E-state index in [4.69, 9.17) is 34.8 Å². The second-order valence-corrected chi connectivity index (χ2v) is 9.09. The Morgan fingerprint density at radius 1 is 0.789 bits per heavy atom. The molecule has 0 bridgehead atoms. The molecule has 0 heterocycles. The molecule has 2 N–H and O–H groups in total. The second kappa shape index (κ2) is 14.6. The van der Waals surface area contributed by atoms with Crippen molar-refractivity contribution in [2.24, 2.45) is 4.99 Å². The van der Waals surface area contributed by atoms with Crippen LogP contribution in [0.5, 0.6) is 0 Å². The molecule has 0 aromatic heterocycles. The van der Waals surface area contributed by atoms with E-state index >= 15 is 0 Å². The van der Waals surface area contributed by atoms with Crippen LogP contribution < -0.4 is 10.6 Å². The van der Waals surface area contributed by atoms with E-state index in [9.17, 15) is 4.79 Å². The fourth-order valence-electron chi connectivity index (χ4n) is 3.38. The summed E-state index contributed by atoms with van der Waals surface area (Å²) in [4.78, 5) is 17.2. The summed E-state index contributed by atoms with van der Waals surface area (Å²) in [6.45, 7) is 0. The molecule has 0 aliphatic rings. The molecule has 5 rings (SSSR count). The maximum absolute atomic E-state index is 12.7. The molecule has 0 aliphatic heterocycles. The van der Waals surface area contributed by atoms with Gasteiger partial charge >= 0.3 is 17.1 Å². The molecule has 38 heavy (non-hydrogen) atoms. The Balaban J connectivity index is 0.000000598. The fraction of sp³-hybridized carbons (Fsp3) is 0. The van der Waals surface area contributed by atoms with Crippen molar-refractivity contribution in [3.63, 3.8) is 0 Å². The van der Waals surface area contributed by atoms with E-state index in [0.29, 0.717) is 16.3 Å². The first-order chi connectivity index (χ1) is 18.0. The summed E-state index contributed by atoms with van der Waals surface area (Å²) >= 11 is 18.6. The largest absolute Gasteiger partial charge is 2.00 e. The predicted octanol–water partition coefficient (Wildman–Crippen LogP) is 8.97. The number of aliphatic imine (C=N–C) groups is 1. The van der Waals surface area contributed by atoms with Crippen molar-refractivity contribution in [1.29, 1.82) is 0 Å². The summed E-state index contributed by atoms with van der Waals surface area (Å²) in [5, 5.41) is 6.85. The van der Waals surface area contributed by atoms with Crippen molar-refractivity contribution in [2.75, 3.05) is 5.32 Å². The van der Waals surface area contributed by atoms with E-state index in [-0.39, 0.29) is 39.0 Å². The van der Waals surface area contributed by atoms with Gasteiger partial charge in [-0.3, -0.25) is 10.1 Å².